The summed E-state index contributed by atoms with van der Waals surface area (Å²) in [5.41, 5.74) is 1.22. The molecule has 0 unspecified atom stereocenters. The van der Waals surface area contributed by atoms with Crippen LogP contribution in [-0.4, -0.2) is 13.7 Å². The topological polar surface area (TPSA) is 21.3 Å². The van der Waals surface area contributed by atoms with Crippen LogP contribution in [0.5, 0.6) is 5.75 Å². The van der Waals surface area contributed by atoms with Crippen LogP contribution in [0.2, 0.25) is 0 Å². The lowest BCUT2D eigenvalue weighted by Crippen LogP contribution is -2.12. The smallest absolute Gasteiger partial charge is 0.133 e. The van der Waals surface area contributed by atoms with Gasteiger partial charge in [-0.3, -0.25) is 0 Å². The molecule has 0 fully saturated rings. The Hall–Kier alpha value is -0.800. The monoisotopic (exact) mass is 255 g/mol. The Bertz CT molecular complexity index is 312. The molecule has 1 N–H and O–H groups in total. The zero-order chi connectivity index (χ0) is 10.4. The van der Waals surface area contributed by atoms with Gasteiger partial charge in [-0.1, -0.05) is 12.1 Å². The van der Waals surface area contributed by atoms with Crippen molar-refractivity contribution in [2.24, 2.45) is 0 Å². The summed E-state index contributed by atoms with van der Waals surface area (Å²) in [7, 11) is 1.66. The van der Waals surface area contributed by atoms with Gasteiger partial charge in [0.1, 0.15) is 5.75 Å². The largest absolute Gasteiger partial charge is 0.496 e. The molecule has 0 amide bonds. The minimum absolute atomic E-state index is 0.823. The minimum atomic E-state index is 0.823. The van der Waals surface area contributed by atoms with Crippen LogP contribution in [0.15, 0.2) is 35.3 Å². The number of hydrogen-bond donors (Lipinski definition) is 1. The zero-order valence-electron chi connectivity index (χ0n) is 8.22. The first-order chi connectivity index (χ1) is 6.77. The van der Waals surface area contributed by atoms with Gasteiger partial charge in [-0.2, -0.15) is 0 Å². The zero-order valence-corrected chi connectivity index (χ0v) is 9.80. The summed E-state index contributed by atoms with van der Waals surface area (Å²) in [6, 6.07) is 6.05. The highest BCUT2D eigenvalue weighted by molar-refractivity contribution is 9.10. The Kier molecular flexibility index (Phi) is 4.70. The van der Waals surface area contributed by atoms with Gasteiger partial charge >= 0.3 is 0 Å². The molecule has 0 heterocycles. The highest BCUT2D eigenvalue weighted by Crippen LogP contribution is 2.25. The van der Waals surface area contributed by atoms with Crippen molar-refractivity contribution < 1.29 is 4.74 Å². The molecule has 3 heteroatoms. The Labute approximate surface area is 93.1 Å². The molecule has 0 aliphatic heterocycles. The Morgan fingerprint density at radius 3 is 2.93 bits per heavy atom. The third-order valence-electron chi connectivity index (χ3n) is 1.83. The molecule has 1 aromatic carbocycles. The number of nitrogens with one attached hydrogen (secondary N) is 1. The molecule has 0 radical (unpaired) electrons. The van der Waals surface area contributed by atoms with Gasteiger partial charge in [0.05, 0.1) is 11.6 Å². The molecule has 0 spiro atoms. The van der Waals surface area contributed by atoms with Crippen LogP contribution in [0, 0.1) is 0 Å². The van der Waals surface area contributed by atoms with E-state index in [1.807, 2.05) is 18.2 Å². The molecule has 14 heavy (non-hydrogen) atoms. The Balaban J connectivity index is 2.61. The standard InChI is InChI=1S/C11H14BrNO/c1-3-6-13-8-9-4-5-11(14-2)10(12)7-9/h3-5,7,13H,1,6,8H2,2H3. The predicted molar refractivity (Wildman–Crippen MR) is 62.6 cm³/mol. The molecule has 0 atom stereocenters. The average molecular weight is 256 g/mol. The van der Waals surface area contributed by atoms with Crippen LogP contribution in [-0.2, 0) is 6.54 Å². The number of rotatable bonds is 5. The normalized spacial score (nSPS) is 9.86. The average Bonchev–Trinajstić information content (AvgIpc) is 2.18. The van der Waals surface area contributed by atoms with Crippen molar-refractivity contribution in [1.29, 1.82) is 0 Å². The van der Waals surface area contributed by atoms with Gasteiger partial charge in [0, 0.05) is 13.1 Å². The molecular weight excluding hydrogens is 242 g/mol. The second-order valence-corrected chi connectivity index (χ2v) is 3.74. The van der Waals surface area contributed by atoms with E-state index < -0.39 is 0 Å². The van der Waals surface area contributed by atoms with Gasteiger partial charge in [0.15, 0.2) is 0 Å². The van der Waals surface area contributed by atoms with Crippen molar-refractivity contribution in [3.8, 4) is 5.75 Å². The quantitative estimate of drug-likeness (QED) is 0.646. The molecular formula is C11H14BrNO. The van der Waals surface area contributed by atoms with Gasteiger partial charge in [-0.15, -0.1) is 6.58 Å². The maximum absolute atomic E-state index is 5.14. The third-order valence-corrected chi connectivity index (χ3v) is 2.45. The van der Waals surface area contributed by atoms with Gasteiger partial charge in [-0.05, 0) is 33.6 Å². The number of ether oxygens (including phenoxy) is 1. The van der Waals surface area contributed by atoms with E-state index in [1.54, 1.807) is 7.11 Å². The maximum Gasteiger partial charge on any atom is 0.133 e. The van der Waals surface area contributed by atoms with Crippen LogP contribution in [0.1, 0.15) is 5.56 Å². The van der Waals surface area contributed by atoms with E-state index in [0.717, 1.165) is 23.3 Å². The Morgan fingerprint density at radius 2 is 2.36 bits per heavy atom. The van der Waals surface area contributed by atoms with E-state index in [9.17, 15) is 0 Å². The molecule has 0 saturated carbocycles. The summed E-state index contributed by atoms with van der Waals surface area (Å²) < 4.78 is 6.13. The van der Waals surface area contributed by atoms with Crippen LogP contribution in [0.3, 0.4) is 0 Å². The van der Waals surface area contributed by atoms with E-state index in [4.69, 9.17) is 4.74 Å². The molecule has 1 aromatic rings. The fourth-order valence-electron chi connectivity index (χ4n) is 1.14. The van der Waals surface area contributed by atoms with Crippen LogP contribution in [0.25, 0.3) is 0 Å². The lowest BCUT2D eigenvalue weighted by molar-refractivity contribution is 0.412. The van der Waals surface area contributed by atoms with Crippen molar-refractivity contribution in [3.63, 3.8) is 0 Å². The summed E-state index contributed by atoms with van der Waals surface area (Å²) >= 11 is 3.44. The van der Waals surface area contributed by atoms with E-state index >= 15 is 0 Å². The number of halogens is 1. The van der Waals surface area contributed by atoms with Gasteiger partial charge < -0.3 is 10.1 Å². The fraction of sp³-hybridized carbons (Fsp3) is 0.273. The highest BCUT2D eigenvalue weighted by atomic mass is 79.9. The summed E-state index contributed by atoms with van der Waals surface area (Å²) in [6.07, 6.45) is 1.85. The van der Waals surface area contributed by atoms with Crippen molar-refractivity contribution in [2.45, 2.75) is 6.54 Å². The second-order valence-electron chi connectivity index (χ2n) is 2.89. The highest BCUT2D eigenvalue weighted by Gasteiger charge is 2.00. The lowest BCUT2D eigenvalue weighted by Gasteiger charge is -2.06. The second kappa shape index (κ2) is 5.83. The van der Waals surface area contributed by atoms with E-state index in [2.05, 4.69) is 33.9 Å². The fourth-order valence-corrected chi connectivity index (χ4v) is 1.73. The van der Waals surface area contributed by atoms with Crippen LogP contribution < -0.4 is 10.1 Å². The first-order valence-corrected chi connectivity index (χ1v) is 5.21. The minimum Gasteiger partial charge on any atom is -0.496 e. The van der Waals surface area contributed by atoms with Crippen molar-refractivity contribution in [1.82, 2.24) is 5.32 Å². The molecule has 0 bridgehead atoms. The first-order valence-electron chi connectivity index (χ1n) is 4.42. The summed E-state index contributed by atoms with van der Waals surface area (Å²) in [5, 5.41) is 3.24. The SMILES string of the molecule is C=CCNCc1ccc(OC)c(Br)c1. The van der Waals surface area contributed by atoms with Crippen LogP contribution in [0.4, 0.5) is 0 Å². The van der Waals surface area contributed by atoms with Crippen molar-refractivity contribution in [2.75, 3.05) is 13.7 Å². The maximum atomic E-state index is 5.14. The summed E-state index contributed by atoms with van der Waals surface area (Å²) in [4.78, 5) is 0. The number of hydrogen-bond acceptors (Lipinski definition) is 2. The molecule has 1 rings (SSSR count). The summed E-state index contributed by atoms with van der Waals surface area (Å²) in [6.45, 7) is 5.31. The van der Waals surface area contributed by atoms with Gasteiger partial charge in [-0.25, -0.2) is 0 Å². The van der Waals surface area contributed by atoms with Crippen molar-refractivity contribution >= 4 is 15.9 Å². The first kappa shape index (κ1) is 11.3. The van der Waals surface area contributed by atoms with Crippen LogP contribution >= 0.6 is 15.9 Å². The summed E-state index contributed by atoms with van der Waals surface area (Å²) in [5.74, 6) is 0.859. The molecule has 2 nitrogen and oxygen atoms in total. The molecule has 76 valence electrons. The van der Waals surface area contributed by atoms with E-state index in [-0.39, 0.29) is 0 Å². The molecule has 0 aliphatic carbocycles. The van der Waals surface area contributed by atoms with Crippen molar-refractivity contribution in [3.05, 3.63) is 40.9 Å². The predicted octanol–water partition coefficient (Wildman–Crippen LogP) is 2.73. The van der Waals surface area contributed by atoms with Gasteiger partial charge in [0.25, 0.3) is 0 Å². The number of methoxy groups -OCH3 is 1. The third kappa shape index (κ3) is 3.16. The molecule has 0 saturated heterocycles. The lowest BCUT2D eigenvalue weighted by atomic mass is 10.2. The molecule has 0 aromatic heterocycles. The number of benzene rings is 1. The van der Waals surface area contributed by atoms with Gasteiger partial charge in [0.2, 0.25) is 0 Å². The van der Waals surface area contributed by atoms with E-state index in [1.165, 1.54) is 5.56 Å². The molecule has 0 aliphatic rings. The Morgan fingerprint density at radius 1 is 1.57 bits per heavy atom. The van der Waals surface area contributed by atoms with E-state index in [0.29, 0.717) is 0 Å².